The van der Waals surface area contributed by atoms with E-state index in [9.17, 15) is 28.0 Å². The molecule has 0 rings (SSSR count). The third-order valence-corrected chi connectivity index (χ3v) is 2.22. The van der Waals surface area contributed by atoms with Gasteiger partial charge in [0.15, 0.2) is 12.2 Å². The maximum atomic E-state index is 13.0. The average Bonchev–Trinajstić information content (AvgIpc) is 2.37. The minimum Gasteiger partial charge on any atom is -0.462 e. The van der Waals surface area contributed by atoms with Gasteiger partial charge in [0.1, 0.15) is 6.61 Å². The normalized spacial score (nSPS) is 14.5. The molecule has 3 atom stereocenters. The second kappa shape index (κ2) is 9.64. The number of carbonyl (C=O) groups is 4. The van der Waals surface area contributed by atoms with E-state index in [1.54, 1.807) is 0 Å². The molecule has 10 heteroatoms. The first kappa shape index (κ1) is 19.7. The van der Waals surface area contributed by atoms with Crippen molar-refractivity contribution in [2.75, 3.05) is 6.61 Å². The van der Waals surface area contributed by atoms with Crippen molar-refractivity contribution in [3.8, 4) is 0 Å². The van der Waals surface area contributed by atoms with Gasteiger partial charge in [-0.25, -0.2) is 8.78 Å². The first-order valence-electron chi connectivity index (χ1n) is 6.04. The number of carbonyl (C=O) groups excluding carboxylic acids is 4. The van der Waals surface area contributed by atoms with Gasteiger partial charge in [-0.15, -0.1) is 0 Å². The van der Waals surface area contributed by atoms with Crippen LogP contribution in [0.25, 0.3) is 0 Å². The third kappa shape index (κ3) is 7.50. The molecule has 0 radical (unpaired) electrons. The quantitative estimate of drug-likeness (QED) is 0.336. The molecule has 0 bridgehead atoms. The second-order valence-corrected chi connectivity index (χ2v) is 4.06. The van der Waals surface area contributed by atoms with Crippen molar-refractivity contribution < 1.29 is 46.9 Å². The Kier molecular flexibility index (Phi) is 8.65. The monoisotopic (exact) mass is 326 g/mol. The summed E-state index contributed by atoms with van der Waals surface area (Å²) in [5.74, 6) is -2.81. The van der Waals surface area contributed by atoms with Crippen LogP contribution in [0, 0.1) is 0 Å². The van der Waals surface area contributed by atoms with E-state index < -0.39 is 49.3 Å². The SMILES string of the molecule is CC(=O)OC[C@@H](OC=O)[C@H](OC(C)=O)[C@H](OC(C)=O)C(F)F. The molecular weight excluding hydrogens is 310 g/mol. The molecule has 0 N–H and O–H groups in total. The molecule has 22 heavy (non-hydrogen) atoms. The largest absolute Gasteiger partial charge is 0.462 e. The van der Waals surface area contributed by atoms with E-state index in [4.69, 9.17) is 0 Å². The van der Waals surface area contributed by atoms with Crippen molar-refractivity contribution >= 4 is 24.4 Å². The van der Waals surface area contributed by atoms with E-state index in [1.165, 1.54) is 0 Å². The number of esters is 3. The molecule has 0 spiro atoms. The molecule has 8 nitrogen and oxygen atoms in total. The van der Waals surface area contributed by atoms with Crippen molar-refractivity contribution in [3.63, 3.8) is 0 Å². The van der Waals surface area contributed by atoms with E-state index in [-0.39, 0.29) is 6.47 Å². The average molecular weight is 326 g/mol. The van der Waals surface area contributed by atoms with Crippen LogP contribution in [-0.4, -0.2) is 55.7 Å². The third-order valence-electron chi connectivity index (χ3n) is 2.22. The zero-order valence-corrected chi connectivity index (χ0v) is 12.1. The molecule has 0 heterocycles. The first-order chi connectivity index (χ1) is 10.2. The molecule has 0 amide bonds. The molecule has 0 aliphatic carbocycles. The van der Waals surface area contributed by atoms with Gasteiger partial charge in [-0.2, -0.15) is 0 Å². The number of ether oxygens (including phenoxy) is 4. The van der Waals surface area contributed by atoms with Crippen LogP contribution < -0.4 is 0 Å². The highest BCUT2D eigenvalue weighted by molar-refractivity contribution is 5.67. The highest BCUT2D eigenvalue weighted by atomic mass is 19.3. The Morgan fingerprint density at radius 3 is 1.82 bits per heavy atom. The summed E-state index contributed by atoms with van der Waals surface area (Å²) in [6, 6.07) is 0. The standard InChI is InChI=1S/C12H16F2O8/c1-6(16)19-4-9(20-5-15)10(21-7(2)17)11(12(13)14)22-8(3)18/h5,9-12H,4H2,1-3H3/t9-,10+,11+/m1/s1. The molecule has 0 aliphatic heterocycles. The summed E-state index contributed by atoms with van der Waals surface area (Å²) in [4.78, 5) is 43.2. The maximum absolute atomic E-state index is 13.0. The van der Waals surface area contributed by atoms with Crippen LogP contribution in [0.15, 0.2) is 0 Å². The van der Waals surface area contributed by atoms with E-state index in [1.807, 2.05) is 0 Å². The summed E-state index contributed by atoms with van der Waals surface area (Å²) >= 11 is 0. The van der Waals surface area contributed by atoms with E-state index in [0.29, 0.717) is 0 Å². The number of alkyl halides is 2. The van der Waals surface area contributed by atoms with Crippen molar-refractivity contribution in [1.82, 2.24) is 0 Å². The van der Waals surface area contributed by atoms with E-state index in [0.717, 1.165) is 20.8 Å². The molecular formula is C12H16F2O8. The van der Waals surface area contributed by atoms with Crippen molar-refractivity contribution in [3.05, 3.63) is 0 Å². The first-order valence-corrected chi connectivity index (χ1v) is 6.04. The Morgan fingerprint density at radius 2 is 1.45 bits per heavy atom. The number of rotatable bonds is 9. The number of hydrogen-bond acceptors (Lipinski definition) is 8. The minimum absolute atomic E-state index is 0.0963. The Balaban J connectivity index is 5.37. The fourth-order valence-electron chi connectivity index (χ4n) is 1.48. The van der Waals surface area contributed by atoms with E-state index >= 15 is 0 Å². The molecule has 0 aromatic carbocycles. The summed E-state index contributed by atoms with van der Waals surface area (Å²) in [5.41, 5.74) is 0. The highest BCUT2D eigenvalue weighted by Gasteiger charge is 2.42. The summed E-state index contributed by atoms with van der Waals surface area (Å²) in [7, 11) is 0. The fraction of sp³-hybridized carbons (Fsp3) is 0.667. The van der Waals surface area contributed by atoms with Crippen LogP contribution in [0.1, 0.15) is 20.8 Å². The summed E-state index contributed by atoms with van der Waals surface area (Å²) < 4.78 is 44.2. The van der Waals surface area contributed by atoms with Gasteiger partial charge in [0, 0.05) is 20.8 Å². The Hall–Kier alpha value is -2.26. The molecule has 0 aromatic rings. The fourth-order valence-corrected chi connectivity index (χ4v) is 1.48. The van der Waals surface area contributed by atoms with Gasteiger partial charge in [0.25, 0.3) is 12.9 Å². The van der Waals surface area contributed by atoms with Crippen LogP contribution in [0.2, 0.25) is 0 Å². The van der Waals surface area contributed by atoms with E-state index in [2.05, 4.69) is 18.9 Å². The lowest BCUT2D eigenvalue weighted by Gasteiger charge is -2.30. The van der Waals surface area contributed by atoms with Gasteiger partial charge in [-0.05, 0) is 0 Å². The summed E-state index contributed by atoms with van der Waals surface area (Å²) in [6.45, 7) is 2.09. The van der Waals surface area contributed by atoms with Crippen molar-refractivity contribution in [2.24, 2.45) is 0 Å². The highest BCUT2D eigenvalue weighted by Crippen LogP contribution is 2.19. The summed E-state index contributed by atoms with van der Waals surface area (Å²) in [6.07, 6.45) is -8.83. The summed E-state index contributed by atoms with van der Waals surface area (Å²) in [5, 5.41) is 0. The van der Waals surface area contributed by atoms with Crippen LogP contribution in [-0.2, 0) is 38.1 Å². The number of hydrogen-bond donors (Lipinski definition) is 0. The molecule has 126 valence electrons. The lowest BCUT2D eigenvalue weighted by Crippen LogP contribution is -2.49. The Labute approximate surface area is 124 Å². The molecule has 0 unspecified atom stereocenters. The van der Waals surface area contributed by atoms with Gasteiger partial charge >= 0.3 is 17.9 Å². The Bertz CT molecular complexity index is 412. The molecule has 0 saturated heterocycles. The van der Waals surface area contributed by atoms with Crippen LogP contribution in [0.3, 0.4) is 0 Å². The number of halogens is 2. The van der Waals surface area contributed by atoms with Gasteiger partial charge in [0.05, 0.1) is 0 Å². The van der Waals surface area contributed by atoms with Crippen molar-refractivity contribution in [2.45, 2.75) is 45.5 Å². The van der Waals surface area contributed by atoms with Gasteiger partial charge in [-0.3, -0.25) is 19.2 Å². The van der Waals surface area contributed by atoms with Gasteiger partial charge in [0.2, 0.25) is 6.10 Å². The second-order valence-electron chi connectivity index (χ2n) is 4.06. The smallest absolute Gasteiger partial charge is 0.303 e. The maximum Gasteiger partial charge on any atom is 0.303 e. The van der Waals surface area contributed by atoms with Crippen LogP contribution in [0.5, 0.6) is 0 Å². The molecule has 0 aromatic heterocycles. The lowest BCUT2D eigenvalue weighted by atomic mass is 10.1. The minimum atomic E-state index is -3.23. The molecule has 0 aliphatic rings. The predicted octanol–water partition coefficient (Wildman–Crippen LogP) is 0.220. The zero-order chi connectivity index (χ0) is 17.3. The zero-order valence-electron chi connectivity index (χ0n) is 12.1. The van der Waals surface area contributed by atoms with Crippen molar-refractivity contribution in [1.29, 1.82) is 0 Å². The van der Waals surface area contributed by atoms with Gasteiger partial charge in [-0.1, -0.05) is 0 Å². The van der Waals surface area contributed by atoms with Crippen LogP contribution >= 0.6 is 0 Å². The Morgan fingerprint density at radius 1 is 0.955 bits per heavy atom. The molecule has 0 saturated carbocycles. The van der Waals surface area contributed by atoms with Gasteiger partial charge < -0.3 is 18.9 Å². The van der Waals surface area contributed by atoms with Crippen LogP contribution in [0.4, 0.5) is 8.78 Å². The topological polar surface area (TPSA) is 105 Å². The molecule has 0 fully saturated rings. The lowest BCUT2D eigenvalue weighted by molar-refractivity contribution is -0.198. The predicted molar refractivity (Wildman–Crippen MR) is 64.7 cm³/mol.